The molecule has 0 aromatic carbocycles. The van der Waals surface area contributed by atoms with E-state index in [9.17, 15) is 14.7 Å². The van der Waals surface area contributed by atoms with Crippen LogP contribution in [0.25, 0.3) is 0 Å². The number of hydrogen-bond donors (Lipinski definition) is 2. The molecule has 102 valence electrons. The molecule has 18 heavy (non-hydrogen) atoms. The summed E-state index contributed by atoms with van der Waals surface area (Å²) in [5.41, 5.74) is -0.633. The summed E-state index contributed by atoms with van der Waals surface area (Å²) in [7, 11) is 0. The number of carboxylic acid groups (broad SMARTS) is 2. The molecule has 0 aromatic rings. The van der Waals surface area contributed by atoms with E-state index in [4.69, 9.17) is 5.11 Å². The van der Waals surface area contributed by atoms with Crippen LogP contribution in [-0.4, -0.2) is 22.2 Å². The molecule has 3 unspecified atom stereocenters. The van der Waals surface area contributed by atoms with Gasteiger partial charge in [-0.1, -0.05) is 25.7 Å². The molecule has 2 saturated carbocycles. The highest BCUT2D eigenvalue weighted by atomic mass is 16.4. The van der Waals surface area contributed by atoms with Gasteiger partial charge in [-0.15, -0.1) is 0 Å². The van der Waals surface area contributed by atoms with E-state index in [0.717, 1.165) is 38.5 Å². The molecule has 4 nitrogen and oxygen atoms in total. The Bertz CT molecular complexity index is 339. The summed E-state index contributed by atoms with van der Waals surface area (Å²) in [6.45, 7) is 0. The smallest absolute Gasteiger partial charge is 0.309 e. The summed E-state index contributed by atoms with van der Waals surface area (Å²) < 4.78 is 0. The normalized spacial score (nSPS) is 37.1. The molecular weight excluding hydrogens is 232 g/mol. The summed E-state index contributed by atoms with van der Waals surface area (Å²) in [6, 6.07) is 0. The molecular formula is C14H22O4. The first-order valence-electron chi connectivity index (χ1n) is 7.02. The van der Waals surface area contributed by atoms with E-state index in [-0.39, 0.29) is 11.8 Å². The van der Waals surface area contributed by atoms with Crippen LogP contribution in [-0.2, 0) is 9.59 Å². The summed E-state index contributed by atoms with van der Waals surface area (Å²) in [6.07, 6.45) is 7.54. The molecule has 3 atom stereocenters. The van der Waals surface area contributed by atoms with E-state index in [1.54, 1.807) is 0 Å². The van der Waals surface area contributed by atoms with Gasteiger partial charge in [0.25, 0.3) is 0 Å². The first-order chi connectivity index (χ1) is 8.56. The Morgan fingerprint density at radius 3 is 2.33 bits per heavy atom. The molecule has 2 fully saturated rings. The lowest BCUT2D eigenvalue weighted by molar-refractivity contribution is -0.162. The van der Waals surface area contributed by atoms with Crippen LogP contribution in [0.1, 0.15) is 57.8 Å². The lowest BCUT2D eigenvalue weighted by Gasteiger charge is -2.44. The first-order valence-corrected chi connectivity index (χ1v) is 7.02. The zero-order valence-electron chi connectivity index (χ0n) is 10.7. The molecule has 0 saturated heterocycles. The lowest BCUT2D eigenvalue weighted by atomic mass is 9.59. The zero-order valence-corrected chi connectivity index (χ0v) is 10.7. The van der Waals surface area contributed by atoms with Crippen molar-refractivity contribution < 1.29 is 19.8 Å². The van der Waals surface area contributed by atoms with E-state index < -0.39 is 17.4 Å². The lowest BCUT2D eigenvalue weighted by Crippen LogP contribution is -2.45. The maximum absolute atomic E-state index is 11.7. The molecule has 0 heterocycles. The van der Waals surface area contributed by atoms with Crippen LogP contribution in [0.5, 0.6) is 0 Å². The number of rotatable bonds is 2. The fourth-order valence-corrected chi connectivity index (χ4v) is 3.84. The fourth-order valence-electron chi connectivity index (χ4n) is 3.84. The van der Waals surface area contributed by atoms with Gasteiger partial charge in [0.05, 0.1) is 11.3 Å². The van der Waals surface area contributed by atoms with Crippen molar-refractivity contribution in [2.45, 2.75) is 57.8 Å². The van der Waals surface area contributed by atoms with Crippen LogP contribution in [0.3, 0.4) is 0 Å². The monoisotopic (exact) mass is 254 g/mol. The molecule has 2 N–H and O–H groups in total. The third-order valence-corrected chi connectivity index (χ3v) is 4.99. The van der Waals surface area contributed by atoms with Crippen molar-refractivity contribution in [1.29, 1.82) is 0 Å². The number of carboxylic acids is 2. The average molecular weight is 254 g/mol. The summed E-state index contributed by atoms with van der Waals surface area (Å²) in [4.78, 5) is 22.8. The molecule has 4 heteroatoms. The maximum atomic E-state index is 11.7. The molecule has 2 aliphatic carbocycles. The molecule has 0 aromatic heterocycles. The van der Waals surface area contributed by atoms with Crippen molar-refractivity contribution in [3.63, 3.8) is 0 Å². The Morgan fingerprint density at radius 1 is 0.944 bits per heavy atom. The second-order valence-corrected chi connectivity index (χ2v) is 5.92. The van der Waals surface area contributed by atoms with Gasteiger partial charge in [-0.2, -0.15) is 0 Å². The predicted octanol–water partition coefficient (Wildman–Crippen LogP) is 2.91. The zero-order chi connectivity index (χ0) is 13.2. The molecule has 2 aliphatic rings. The van der Waals surface area contributed by atoms with Gasteiger partial charge in [0.15, 0.2) is 0 Å². The largest absolute Gasteiger partial charge is 0.481 e. The van der Waals surface area contributed by atoms with Gasteiger partial charge in [0.1, 0.15) is 0 Å². The van der Waals surface area contributed by atoms with E-state index in [1.165, 1.54) is 0 Å². The Balaban J connectivity index is 2.20. The number of hydrogen-bond acceptors (Lipinski definition) is 2. The average Bonchev–Trinajstić information content (AvgIpc) is 2.29. The van der Waals surface area contributed by atoms with Crippen LogP contribution >= 0.6 is 0 Å². The number of carbonyl (C=O) groups is 2. The van der Waals surface area contributed by atoms with Crippen LogP contribution in [0.2, 0.25) is 0 Å². The highest BCUT2D eigenvalue weighted by molar-refractivity contribution is 5.76. The summed E-state index contributed by atoms with van der Waals surface area (Å²) >= 11 is 0. The Labute approximate surface area is 107 Å². The van der Waals surface area contributed by atoms with E-state index >= 15 is 0 Å². The highest BCUT2D eigenvalue weighted by Gasteiger charge is 2.49. The number of fused-ring (bicyclic) bond motifs is 1. The number of aliphatic carboxylic acids is 2. The SMILES string of the molecule is O=C(O)C1CCC2(C(=O)O)CCCCCCC2C1. The van der Waals surface area contributed by atoms with Crippen LogP contribution in [0.15, 0.2) is 0 Å². The first kappa shape index (κ1) is 13.4. The second-order valence-electron chi connectivity index (χ2n) is 5.92. The van der Waals surface area contributed by atoms with Gasteiger partial charge >= 0.3 is 11.9 Å². The standard InChI is InChI=1S/C14H22O4/c15-12(16)10-6-8-14(13(17)18)7-4-2-1-3-5-11(14)9-10/h10-11H,1-9H2,(H,15,16)(H,17,18). The van der Waals surface area contributed by atoms with Gasteiger partial charge in [0.2, 0.25) is 0 Å². The fraction of sp³-hybridized carbons (Fsp3) is 0.857. The third kappa shape index (κ3) is 2.38. The highest BCUT2D eigenvalue weighted by Crippen LogP contribution is 2.50. The van der Waals surface area contributed by atoms with Crippen molar-refractivity contribution in [3.8, 4) is 0 Å². The Morgan fingerprint density at radius 2 is 1.67 bits per heavy atom. The van der Waals surface area contributed by atoms with Crippen LogP contribution in [0, 0.1) is 17.3 Å². The predicted molar refractivity (Wildman–Crippen MR) is 66.2 cm³/mol. The van der Waals surface area contributed by atoms with Crippen LogP contribution < -0.4 is 0 Å². The molecule has 0 aliphatic heterocycles. The van der Waals surface area contributed by atoms with Crippen LogP contribution in [0.4, 0.5) is 0 Å². The molecule has 0 bridgehead atoms. The molecule has 0 spiro atoms. The van der Waals surface area contributed by atoms with Gasteiger partial charge < -0.3 is 10.2 Å². The molecule has 0 radical (unpaired) electrons. The minimum absolute atomic E-state index is 0.0603. The molecule has 2 rings (SSSR count). The minimum Gasteiger partial charge on any atom is -0.481 e. The Hall–Kier alpha value is -1.06. The topological polar surface area (TPSA) is 74.6 Å². The molecule has 0 amide bonds. The van der Waals surface area contributed by atoms with Crippen molar-refractivity contribution in [2.24, 2.45) is 17.3 Å². The van der Waals surface area contributed by atoms with E-state index in [1.807, 2.05) is 0 Å². The van der Waals surface area contributed by atoms with Gasteiger partial charge in [-0.05, 0) is 38.0 Å². The quantitative estimate of drug-likeness (QED) is 0.794. The second kappa shape index (κ2) is 5.29. The van der Waals surface area contributed by atoms with Crippen molar-refractivity contribution >= 4 is 11.9 Å². The van der Waals surface area contributed by atoms with Gasteiger partial charge in [-0.25, -0.2) is 0 Å². The summed E-state index contributed by atoms with van der Waals surface area (Å²) in [5, 5.41) is 18.7. The van der Waals surface area contributed by atoms with Gasteiger partial charge in [-0.3, -0.25) is 9.59 Å². The third-order valence-electron chi connectivity index (χ3n) is 4.99. The van der Waals surface area contributed by atoms with Crippen molar-refractivity contribution in [2.75, 3.05) is 0 Å². The van der Waals surface area contributed by atoms with Gasteiger partial charge in [0, 0.05) is 0 Å². The van der Waals surface area contributed by atoms with E-state index in [2.05, 4.69) is 0 Å². The Kier molecular flexibility index (Phi) is 3.93. The summed E-state index contributed by atoms with van der Waals surface area (Å²) in [5.74, 6) is -1.72. The van der Waals surface area contributed by atoms with Crippen molar-refractivity contribution in [3.05, 3.63) is 0 Å². The minimum atomic E-state index is -0.754. The van der Waals surface area contributed by atoms with Crippen molar-refractivity contribution in [1.82, 2.24) is 0 Å². The maximum Gasteiger partial charge on any atom is 0.309 e. The van der Waals surface area contributed by atoms with E-state index in [0.29, 0.717) is 19.3 Å².